The number of piperazine rings is 1. The van der Waals surface area contributed by atoms with Crippen molar-refractivity contribution in [1.82, 2.24) is 0 Å². The van der Waals surface area contributed by atoms with Crippen LogP contribution in [-0.4, -0.2) is 25.8 Å². The number of para-hydroxylation sites is 2. The maximum absolute atomic E-state index is 12.3. The Labute approximate surface area is 139 Å². The number of rotatable bonds is 2. The van der Waals surface area contributed by atoms with Gasteiger partial charge in [0, 0.05) is 24.2 Å². The molecule has 0 bridgehead atoms. The summed E-state index contributed by atoms with van der Waals surface area (Å²) in [6.07, 6.45) is -0.174. The van der Waals surface area contributed by atoms with Crippen molar-refractivity contribution in [1.29, 1.82) is 0 Å². The molecule has 0 amide bonds. The van der Waals surface area contributed by atoms with E-state index in [1.807, 2.05) is 47.4 Å². The molecule has 1 unspecified atom stereocenters. The molecule has 5 nitrogen and oxygen atoms in total. The van der Waals surface area contributed by atoms with Crippen molar-refractivity contribution < 1.29 is 4.42 Å². The predicted molar refractivity (Wildman–Crippen MR) is 96.5 cm³/mol. The summed E-state index contributed by atoms with van der Waals surface area (Å²) in [5, 5.41) is 0.922. The lowest BCUT2D eigenvalue weighted by Gasteiger charge is -2.41. The molecule has 2 heterocycles. The van der Waals surface area contributed by atoms with E-state index < -0.39 is 0 Å². The molecule has 1 saturated heterocycles. The molecule has 5 heteroatoms. The quantitative estimate of drug-likeness (QED) is 0.734. The molecule has 1 aliphatic heterocycles. The Morgan fingerprint density at radius 1 is 1.00 bits per heavy atom. The molecular formula is C19H19N3O2. The van der Waals surface area contributed by atoms with Gasteiger partial charge in [0.15, 0.2) is 0 Å². The molecule has 122 valence electrons. The van der Waals surface area contributed by atoms with Crippen LogP contribution in [0.4, 0.5) is 11.4 Å². The summed E-state index contributed by atoms with van der Waals surface area (Å²) in [4.78, 5) is 16.5. The fourth-order valence-corrected chi connectivity index (χ4v) is 3.24. The van der Waals surface area contributed by atoms with Crippen LogP contribution in [0.2, 0.25) is 0 Å². The number of nitrogens with zero attached hydrogens (tertiary/aromatic N) is 2. The summed E-state index contributed by atoms with van der Waals surface area (Å²) in [5.74, 6) is 0. The lowest BCUT2D eigenvalue weighted by atomic mass is 10.2. The van der Waals surface area contributed by atoms with Gasteiger partial charge in [-0.15, -0.1) is 0 Å². The Bertz CT molecular complexity index is 907. The van der Waals surface area contributed by atoms with E-state index in [1.54, 1.807) is 6.07 Å². The first-order valence-corrected chi connectivity index (χ1v) is 8.07. The third-order valence-corrected chi connectivity index (χ3v) is 4.47. The second-order valence-corrected chi connectivity index (χ2v) is 6.00. The van der Waals surface area contributed by atoms with Crippen LogP contribution in [0.5, 0.6) is 0 Å². The number of hydrogen-bond acceptors (Lipinski definition) is 5. The zero-order valence-electron chi connectivity index (χ0n) is 13.3. The van der Waals surface area contributed by atoms with Gasteiger partial charge >= 0.3 is 5.63 Å². The Kier molecular flexibility index (Phi) is 3.70. The molecule has 0 aliphatic carbocycles. The van der Waals surface area contributed by atoms with Crippen molar-refractivity contribution in [2.45, 2.75) is 6.17 Å². The molecule has 3 aromatic rings. The molecule has 1 aliphatic rings. The van der Waals surface area contributed by atoms with E-state index in [0.29, 0.717) is 17.8 Å². The summed E-state index contributed by atoms with van der Waals surface area (Å²) < 4.78 is 5.44. The van der Waals surface area contributed by atoms with Crippen LogP contribution >= 0.6 is 0 Å². The Balaban J connectivity index is 1.61. The highest BCUT2D eigenvalue weighted by atomic mass is 16.4. The SMILES string of the molecule is NC1CN(c2cc3ccccc3oc2=O)CCN1c1ccccc1. The van der Waals surface area contributed by atoms with Crippen molar-refractivity contribution in [3.05, 3.63) is 71.1 Å². The van der Waals surface area contributed by atoms with Crippen LogP contribution in [0.25, 0.3) is 11.0 Å². The van der Waals surface area contributed by atoms with Crippen LogP contribution in [0.15, 0.2) is 69.9 Å². The molecule has 0 spiro atoms. The van der Waals surface area contributed by atoms with E-state index in [-0.39, 0.29) is 11.8 Å². The molecule has 2 N–H and O–H groups in total. The maximum atomic E-state index is 12.3. The zero-order valence-corrected chi connectivity index (χ0v) is 13.3. The second kappa shape index (κ2) is 6.02. The van der Waals surface area contributed by atoms with E-state index >= 15 is 0 Å². The van der Waals surface area contributed by atoms with Crippen LogP contribution in [-0.2, 0) is 0 Å². The summed E-state index contributed by atoms with van der Waals surface area (Å²) in [6, 6.07) is 19.6. The molecule has 0 radical (unpaired) electrons. The van der Waals surface area contributed by atoms with Gasteiger partial charge in [-0.05, 0) is 24.3 Å². The Morgan fingerprint density at radius 3 is 2.54 bits per heavy atom. The first-order chi connectivity index (χ1) is 11.7. The topological polar surface area (TPSA) is 62.7 Å². The standard InChI is InChI=1S/C19H19N3O2/c20-18-13-21(10-11-22(18)15-7-2-1-3-8-15)16-12-14-6-4-5-9-17(14)24-19(16)23/h1-9,12,18H,10-11,13,20H2. The Hall–Kier alpha value is -2.79. The molecule has 1 fully saturated rings. The third-order valence-electron chi connectivity index (χ3n) is 4.47. The summed E-state index contributed by atoms with van der Waals surface area (Å²) >= 11 is 0. The third kappa shape index (κ3) is 2.63. The summed E-state index contributed by atoms with van der Waals surface area (Å²) in [7, 11) is 0. The van der Waals surface area contributed by atoms with Gasteiger partial charge in [0.2, 0.25) is 0 Å². The summed E-state index contributed by atoms with van der Waals surface area (Å²) in [6.45, 7) is 2.07. The van der Waals surface area contributed by atoms with Gasteiger partial charge in [0.05, 0.1) is 12.7 Å². The first-order valence-electron chi connectivity index (χ1n) is 8.07. The van der Waals surface area contributed by atoms with E-state index in [2.05, 4.69) is 17.0 Å². The minimum Gasteiger partial charge on any atom is -0.421 e. The van der Waals surface area contributed by atoms with Crippen LogP contribution in [0.1, 0.15) is 0 Å². The average Bonchev–Trinajstić information content (AvgIpc) is 2.62. The van der Waals surface area contributed by atoms with Gasteiger partial charge in [-0.25, -0.2) is 4.79 Å². The van der Waals surface area contributed by atoms with Gasteiger partial charge in [-0.1, -0.05) is 36.4 Å². The number of nitrogens with two attached hydrogens (primary N) is 1. The Morgan fingerprint density at radius 2 is 1.75 bits per heavy atom. The van der Waals surface area contributed by atoms with Gasteiger partial charge in [0.1, 0.15) is 11.3 Å². The zero-order chi connectivity index (χ0) is 16.5. The molecule has 24 heavy (non-hydrogen) atoms. The highest BCUT2D eigenvalue weighted by Crippen LogP contribution is 2.23. The van der Waals surface area contributed by atoms with Gasteiger partial charge in [0.25, 0.3) is 0 Å². The molecule has 2 aromatic carbocycles. The minimum absolute atomic E-state index is 0.174. The highest BCUT2D eigenvalue weighted by molar-refractivity contribution is 5.79. The number of fused-ring (bicyclic) bond motifs is 1. The molecule has 1 atom stereocenters. The smallest absolute Gasteiger partial charge is 0.360 e. The summed E-state index contributed by atoms with van der Waals surface area (Å²) in [5.41, 5.74) is 8.34. The first kappa shape index (κ1) is 14.8. The van der Waals surface area contributed by atoms with E-state index in [4.69, 9.17) is 10.2 Å². The average molecular weight is 321 g/mol. The van der Waals surface area contributed by atoms with E-state index in [9.17, 15) is 4.79 Å². The number of anilines is 2. The molecule has 1 aromatic heterocycles. The van der Waals surface area contributed by atoms with Crippen molar-refractivity contribution in [3.63, 3.8) is 0 Å². The van der Waals surface area contributed by atoms with Crippen LogP contribution in [0.3, 0.4) is 0 Å². The molecular weight excluding hydrogens is 302 g/mol. The monoisotopic (exact) mass is 321 g/mol. The fraction of sp³-hybridized carbons (Fsp3) is 0.211. The van der Waals surface area contributed by atoms with Crippen molar-refractivity contribution in [2.75, 3.05) is 29.4 Å². The molecule has 4 rings (SSSR count). The molecule has 0 saturated carbocycles. The minimum atomic E-state index is -0.311. The normalized spacial score (nSPS) is 18.1. The highest BCUT2D eigenvalue weighted by Gasteiger charge is 2.26. The van der Waals surface area contributed by atoms with Gasteiger partial charge < -0.3 is 20.0 Å². The second-order valence-electron chi connectivity index (χ2n) is 6.00. The fourth-order valence-electron chi connectivity index (χ4n) is 3.24. The van der Waals surface area contributed by atoms with Gasteiger partial charge in [-0.3, -0.25) is 0 Å². The largest absolute Gasteiger partial charge is 0.421 e. The van der Waals surface area contributed by atoms with Crippen molar-refractivity contribution in [3.8, 4) is 0 Å². The van der Waals surface area contributed by atoms with Crippen molar-refractivity contribution >= 4 is 22.3 Å². The van der Waals surface area contributed by atoms with Gasteiger partial charge in [-0.2, -0.15) is 0 Å². The predicted octanol–water partition coefficient (Wildman–Crippen LogP) is 2.40. The number of hydrogen-bond donors (Lipinski definition) is 1. The van der Waals surface area contributed by atoms with Crippen LogP contribution in [0, 0.1) is 0 Å². The van der Waals surface area contributed by atoms with Crippen molar-refractivity contribution in [2.24, 2.45) is 5.73 Å². The van der Waals surface area contributed by atoms with E-state index in [0.717, 1.165) is 24.2 Å². The lowest BCUT2D eigenvalue weighted by Crippen LogP contribution is -2.58. The maximum Gasteiger partial charge on any atom is 0.360 e. The van der Waals surface area contributed by atoms with Crippen LogP contribution < -0.4 is 21.2 Å². The number of benzene rings is 2. The van der Waals surface area contributed by atoms with E-state index in [1.165, 1.54) is 0 Å². The lowest BCUT2D eigenvalue weighted by molar-refractivity contribution is 0.516.